The molecule has 1 aromatic heterocycles. The second-order valence-electron chi connectivity index (χ2n) is 5.03. The van der Waals surface area contributed by atoms with Gasteiger partial charge in [-0.05, 0) is 50.2 Å². The fourth-order valence-electron chi connectivity index (χ4n) is 2.17. The molecule has 0 saturated carbocycles. The van der Waals surface area contributed by atoms with E-state index < -0.39 is 0 Å². The van der Waals surface area contributed by atoms with Crippen LogP contribution < -0.4 is 4.74 Å². The van der Waals surface area contributed by atoms with Gasteiger partial charge in [-0.15, -0.1) is 0 Å². The van der Waals surface area contributed by atoms with Crippen LogP contribution in [0, 0.1) is 13.8 Å². The van der Waals surface area contributed by atoms with Crippen LogP contribution in [0.2, 0.25) is 10.0 Å². The Kier molecular flexibility index (Phi) is 3.85. The fraction of sp³-hybridized carbons (Fsp3) is 0.118. The predicted octanol–water partition coefficient (Wildman–Crippen LogP) is 5.66. The van der Waals surface area contributed by atoms with Crippen molar-refractivity contribution < 1.29 is 9.84 Å². The van der Waals surface area contributed by atoms with E-state index in [4.69, 9.17) is 27.9 Å². The van der Waals surface area contributed by atoms with Crippen molar-refractivity contribution in [2.75, 3.05) is 0 Å². The van der Waals surface area contributed by atoms with Crippen molar-refractivity contribution >= 4 is 34.1 Å². The minimum absolute atomic E-state index is 0.195. The Morgan fingerprint density at radius 2 is 1.73 bits per heavy atom. The summed E-state index contributed by atoms with van der Waals surface area (Å²) in [5.74, 6) is 1.26. The van der Waals surface area contributed by atoms with E-state index in [0.29, 0.717) is 32.4 Å². The quantitative estimate of drug-likeness (QED) is 0.658. The Balaban J connectivity index is 2.10. The van der Waals surface area contributed by atoms with Crippen molar-refractivity contribution in [3.05, 3.63) is 57.7 Å². The van der Waals surface area contributed by atoms with Gasteiger partial charge in [0.05, 0.1) is 10.5 Å². The maximum absolute atomic E-state index is 10.3. The van der Waals surface area contributed by atoms with Gasteiger partial charge in [0.25, 0.3) is 0 Å². The molecule has 0 radical (unpaired) electrons. The normalized spacial score (nSPS) is 10.9. The Morgan fingerprint density at radius 3 is 2.41 bits per heavy atom. The first-order valence-electron chi connectivity index (χ1n) is 6.68. The molecule has 0 aliphatic rings. The highest BCUT2D eigenvalue weighted by Gasteiger charge is 2.13. The molecule has 2 aromatic carbocycles. The zero-order valence-corrected chi connectivity index (χ0v) is 13.5. The summed E-state index contributed by atoms with van der Waals surface area (Å²) in [5.41, 5.74) is 2.15. The molecule has 3 aromatic rings. The molecule has 0 fully saturated rings. The number of aryl methyl sites for hydroxylation is 1. The predicted molar refractivity (Wildman–Crippen MR) is 89.4 cm³/mol. The lowest BCUT2D eigenvalue weighted by Crippen LogP contribution is -1.92. The highest BCUT2D eigenvalue weighted by atomic mass is 35.5. The molecule has 0 aliphatic heterocycles. The zero-order valence-electron chi connectivity index (χ0n) is 12.0. The van der Waals surface area contributed by atoms with Gasteiger partial charge in [-0.1, -0.05) is 23.2 Å². The van der Waals surface area contributed by atoms with Gasteiger partial charge in [-0.2, -0.15) is 0 Å². The van der Waals surface area contributed by atoms with Gasteiger partial charge in [0, 0.05) is 21.7 Å². The number of pyridine rings is 1. The summed E-state index contributed by atoms with van der Waals surface area (Å²) in [4.78, 5) is 4.44. The van der Waals surface area contributed by atoms with Crippen LogP contribution in [0.15, 0.2) is 36.4 Å². The monoisotopic (exact) mass is 333 g/mol. The molecule has 5 heteroatoms. The van der Waals surface area contributed by atoms with E-state index in [9.17, 15) is 5.11 Å². The number of hydrogen-bond donors (Lipinski definition) is 1. The molecular weight excluding hydrogens is 321 g/mol. The number of benzene rings is 2. The first-order valence-corrected chi connectivity index (χ1v) is 7.44. The molecular formula is C17H13Cl2NO2. The van der Waals surface area contributed by atoms with Crippen LogP contribution in [0.4, 0.5) is 0 Å². The summed E-state index contributed by atoms with van der Waals surface area (Å²) in [6, 6.07) is 10.4. The Hall–Kier alpha value is -1.97. The molecule has 0 saturated heterocycles. The summed E-state index contributed by atoms with van der Waals surface area (Å²) in [6.07, 6.45) is 0. The first-order chi connectivity index (χ1) is 10.5. The summed E-state index contributed by atoms with van der Waals surface area (Å²) >= 11 is 12.1. The van der Waals surface area contributed by atoms with E-state index in [0.717, 1.165) is 11.3 Å². The fourth-order valence-corrected chi connectivity index (χ4v) is 2.49. The number of aromatic nitrogens is 1. The molecule has 0 unspecified atom stereocenters. The van der Waals surface area contributed by atoms with E-state index in [2.05, 4.69) is 4.98 Å². The minimum atomic E-state index is 0.195. The van der Waals surface area contributed by atoms with Crippen molar-refractivity contribution in [3.63, 3.8) is 0 Å². The molecule has 112 valence electrons. The molecule has 0 atom stereocenters. The minimum Gasteiger partial charge on any atom is -0.507 e. The summed E-state index contributed by atoms with van der Waals surface area (Å²) in [6.45, 7) is 3.67. The molecule has 22 heavy (non-hydrogen) atoms. The van der Waals surface area contributed by atoms with Crippen molar-refractivity contribution in [3.8, 4) is 17.2 Å². The van der Waals surface area contributed by atoms with E-state index >= 15 is 0 Å². The average molecular weight is 334 g/mol. The van der Waals surface area contributed by atoms with Gasteiger partial charge in [0.2, 0.25) is 0 Å². The zero-order chi connectivity index (χ0) is 15.9. The summed E-state index contributed by atoms with van der Waals surface area (Å²) in [5, 5.41) is 12.0. The third-order valence-corrected chi connectivity index (χ3v) is 4.08. The van der Waals surface area contributed by atoms with Gasteiger partial charge >= 0.3 is 0 Å². The highest BCUT2D eigenvalue weighted by molar-refractivity contribution is 6.33. The van der Waals surface area contributed by atoms with Crippen LogP contribution >= 0.6 is 23.2 Å². The number of rotatable bonds is 2. The lowest BCUT2D eigenvalue weighted by atomic mass is 10.1. The SMILES string of the molecule is Cc1nc2cc(Cl)c(Oc3ccc(Cl)cc3)cc2c(O)c1C. The number of fused-ring (bicyclic) bond motifs is 1. The Labute approximate surface area is 138 Å². The molecule has 0 spiro atoms. The standard InChI is InChI=1S/C17H13Cl2NO2/c1-9-10(2)20-15-8-14(19)16(7-13(15)17(9)21)22-12-5-3-11(18)4-6-12/h3-8H,1-2H3,(H,20,21). The molecule has 0 bridgehead atoms. The number of nitrogens with zero attached hydrogens (tertiary/aromatic N) is 1. The van der Waals surface area contributed by atoms with E-state index in [1.807, 2.05) is 13.8 Å². The topological polar surface area (TPSA) is 42.4 Å². The lowest BCUT2D eigenvalue weighted by Gasteiger charge is -2.12. The summed E-state index contributed by atoms with van der Waals surface area (Å²) < 4.78 is 5.77. The molecule has 1 heterocycles. The third-order valence-electron chi connectivity index (χ3n) is 3.53. The van der Waals surface area contributed by atoms with Crippen LogP contribution in [0.1, 0.15) is 11.3 Å². The van der Waals surface area contributed by atoms with Crippen LogP contribution in [0.25, 0.3) is 10.9 Å². The highest BCUT2D eigenvalue weighted by Crippen LogP contribution is 2.37. The van der Waals surface area contributed by atoms with E-state index in [1.54, 1.807) is 36.4 Å². The van der Waals surface area contributed by atoms with Crippen molar-refractivity contribution in [1.82, 2.24) is 4.98 Å². The second kappa shape index (κ2) is 5.67. The van der Waals surface area contributed by atoms with Crippen molar-refractivity contribution in [1.29, 1.82) is 0 Å². The third kappa shape index (κ3) is 2.70. The van der Waals surface area contributed by atoms with Crippen LogP contribution in [-0.2, 0) is 0 Å². The van der Waals surface area contributed by atoms with Crippen molar-refractivity contribution in [2.45, 2.75) is 13.8 Å². The van der Waals surface area contributed by atoms with Crippen LogP contribution in [0.5, 0.6) is 17.2 Å². The van der Waals surface area contributed by atoms with Gasteiger partial charge in [-0.25, -0.2) is 0 Å². The number of halogens is 2. The van der Waals surface area contributed by atoms with E-state index in [-0.39, 0.29) is 5.75 Å². The molecule has 0 aliphatic carbocycles. The van der Waals surface area contributed by atoms with E-state index in [1.165, 1.54) is 0 Å². The second-order valence-corrected chi connectivity index (χ2v) is 5.87. The number of hydrogen-bond acceptors (Lipinski definition) is 3. The number of ether oxygens (including phenoxy) is 1. The average Bonchev–Trinajstić information content (AvgIpc) is 2.49. The maximum Gasteiger partial charge on any atom is 0.146 e. The smallest absolute Gasteiger partial charge is 0.146 e. The lowest BCUT2D eigenvalue weighted by molar-refractivity contribution is 0.472. The van der Waals surface area contributed by atoms with Gasteiger partial charge in [0.15, 0.2) is 0 Å². The van der Waals surface area contributed by atoms with Gasteiger partial charge < -0.3 is 9.84 Å². The Morgan fingerprint density at radius 1 is 1.05 bits per heavy atom. The maximum atomic E-state index is 10.3. The first kappa shape index (κ1) is 14.9. The summed E-state index contributed by atoms with van der Waals surface area (Å²) in [7, 11) is 0. The molecule has 0 amide bonds. The Bertz CT molecular complexity index is 861. The van der Waals surface area contributed by atoms with Gasteiger partial charge in [-0.3, -0.25) is 4.98 Å². The molecule has 1 N–H and O–H groups in total. The van der Waals surface area contributed by atoms with Crippen molar-refractivity contribution in [2.24, 2.45) is 0 Å². The van der Waals surface area contributed by atoms with Crippen LogP contribution in [-0.4, -0.2) is 10.1 Å². The molecule has 3 nitrogen and oxygen atoms in total. The molecule has 3 rings (SSSR count). The largest absolute Gasteiger partial charge is 0.507 e. The number of aromatic hydroxyl groups is 1. The van der Waals surface area contributed by atoms with Gasteiger partial charge in [0.1, 0.15) is 17.2 Å². The van der Waals surface area contributed by atoms with Crippen LogP contribution in [0.3, 0.4) is 0 Å².